The molecule has 0 aliphatic heterocycles. The molecule has 0 amide bonds. The minimum atomic E-state index is -0.647. The van der Waals surface area contributed by atoms with E-state index in [2.05, 4.69) is 32.0 Å². The van der Waals surface area contributed by atoms with Crippen LogP contribution in [0.25, 0.3) is 0 Å². The van der Waals surface area contributed by atoms with Crippen molar-refractivity contribution in [1.29, 1.82) is 0 Å². The number of aliphatic hydroxyl groups is 2. The summed E-state index contributed by atoms with van der Waals surface area (Å²) < 4.78 is 0. The van der Waals surface area contributed by atoms with Crippen LogP contribution < -0.4 is 5.73 Å². The van der Waals surface area contributed by atoms with Crippen LogP contribution in [-0.2, 0) is 0 Å². The lowest BCUT2D eigenvalue weighted by Crippen LogP contribution is -2.18. The van der Waals surface area contributed by atoms with Crippen molar-refractivity contribution in [3.8, 4) is 0 Å². The molecule has 0 aromatic heterocycles. The van der Waals surface area contributed by atoms with Gasteiger partial charge in [0.2, 0.25) is 0 Å². The van der Waals surface area contributed by atoms with Crippen molar-refractivity contribution >= 4 is 11.8 Å². The monoisotopic (exact) mass is 255 g/mol. The van der Waals surface area contributed by atoms with E-state index in [4.69, 9.17) is 10.8 Å². The zero-order valence-corrected chi connectivity index (χ0v) is 11.2. The highest BCUT2D eigenvalue weighted by molar-refractivity contribution is 7.99. The predicted molar refractivity (Wildman–Crippen MR) is 73.3 cm³/mol. The molecule has 0 radical (unpaired) electrons. The third-order valence-electron chi connectivity index (χ3n) is 2.49. The molecule has 0 fully saturated rings. The maximum Gasteiger partial charge on any atom is 0.0861 e. The van der Waals surface area contributed by atoms with Crippen LogP contribution in [0.3, 0.4) is 0 Å². The summed E-state index contributed by atoms with van der Waals surface area (Å²) in [5.74, 6) is 1.27. The van der Waals surface area contributed by atoms with Crippen LogP contribution >= 0.6 is 11.8 Å². The Hall–Kier alpha value is -0.550. The van der Waals surface area contributed by atoms with E-state index in [0.29, 0.717) is 5.75 Å². The fourth-order valence-corrected chi connectivity index (χ4v) is 2.66. The molecule has 3 nitrogen and oxygen atoms in total. The van der Waals surface area contributed by atoms with E-state index in [1.807, 2.05) is 0 Å². The minimum absolute atomic E-state index is 0.0236. The lowest BCUT2D eigenvalue weighted by molar-refractivity contribution is 0.113. The summed E-state index contributed by atoms with van der Waals surface area (Å²) in [6.07, 6.45) is -0.647. The van der Waals surface area contributed by atoms with Gasteiger partial charge in [-0.25, -0.2) is 0 Å². The fraction of sp³-hybridized carbons (Fsp3) is 0.538. The Kier molecular flexibility index (Phi) is 5.98. The molecule has 0 saturated heterocycles. The molecule has 17 heavy (non-hydrogen) atoms. The van der Waals surface area contributed by atoms with E-state index in [1.54, 1.807) is 11.8 Å². The summed E-state index contributed by atoms with van der Waals surface area (Å²) >= 11 is 1.57. The van der Waals surface area contributed by atoms with E-state index in [-0.39, 0.29) is 12.6 Å². The van der Waals surface area contributed by atoms with Gasteiger partial charge < -0.3 is 15.9 Å². The van der Waals surface area contributed by atoms with Gasteiger partial charge in [0.05, 0.1) is 12.7 Å². The first-order valence-corrected chi connectivity index (χ1v) is 6.89. The number of hydrogen-bond acceptors (Lipinski definition) is 4. The largest absolute Gasteiger partial charge is 0.394 e. The molecular formula is C13H21NO2S. The van der Waals surface area contributed by atoms with Crippen LogP contribution in [0.5, 0.6) is 0 Å². The molecule has 0 aliphatic rings. The molecule has 0 saturated carbocycles. The number of rotatable bonds is 6. The van der Waals surface area contributed by atoms with Crippen molar-refractivity contribution < 1.29 is 10.2 Å². The van der Waals surface area contributed by atoms with Crippen LogP contribution in [0, 0.1) is 13.8 Å². The second-order valence-corrected chi connectivity index (χ2v) is 5.48. The summed E-state index contributed by atoms with van der Waals surface area (Å²) in [7, 11) is 0. The topological polar surface area (TPSA) is 66.5 Å². The average molecular weight is 255 g/mol. The first kappa shape index (κ1) is 14.5. The van der Waals surface area contributed by atoms with Crippen molar-refractivity contribution in [1.82, 2.24) is 0 Å². The first-order chi connectivity index (χ1) is 8.02. The molecule has 1 rings (SSSR count). The number of thioether (sulfide) groups is 1. The molecule has 0 bridgehead atoms. The van der Waals surface area contributed by atoms with Crippen LogP contribution in [0.2, 0.25) is 0 Å². The molecule has 4 N–H and O–H groups in total. The average Bonchev–Trinajstić information content (AvgIpc) is 2.27. The molecule has 0 spiro atoms. The van der Waals surface area contributed by atoms with Gasteiger partial charge in [0.15, 0.2) is 0 Å². The fourth-order valence-electron chi connectivity index (χ4n) is 1.70. The van der Waals surface area contributed by atoms with Gasteiger partial charge in [-0.15, -0.1) is 0 Å². The van der Waals surface area contributed by atoms with Gasteiger partial charge in [-0.1, -0.05) is 29.3 Å². The SMILES string of the molecule is Cc1cc(C)cc(C(N)CSCC(O)CO)c1. The molecule has 1 aromatic rings. The number of nitrogens with two attached hydrogens (primary N) is 1. The smallest absolute Gasteiger partial charge is 0.0861 e. The Balaban J connectivity index is 2.49. The van der Waals surface area contributed by atoms with E-state index in [1.165, 1.54) is 11.1 Å². The van der Waals surface area contributed by atoms with Crippen LogP contribution in [-0.4, -0.2) is 34.4 Å². The summed E-state index contributed by atoms with van der Waals surface area (Å²) in [5.41, 5.74) is 9.67. The first-order valence-electron chi connectivity index (χ1n) is 5.73. The summed E-state index contributed by atoms with van der Waals surface area (Å²) in [4.78, 5) is 0. The summed E-state index contributed by atoms with van der Waals surface area (Å²) in [6, 6.07) is 6.30. The Labute approximate surface area is 107 Å². The zero-order valence-electron chi connectivity index (χ0n) is 10.4. The van der Waals surface area contributed by atoms with Crippen LogP contribution in [0.15, 0.2) is 18.2 Å². The number of benzene rings is 1. The highest BCUT2D eigenvalue weighted by atomic mass is 32.2. The standard InChI is InChI=1S/C13H21NO2S/c1-9-3-10(2)5-11(4-9)13(14)8-17-7-12(16)6-15/h3-5,12-13,15-16H,6-8,14H2,1-2H3. The second kappa shape index (κ2) is 7.01. The Morgan fingerprint density at radius 1 is 1.18 bits per heavy atom. The summed E-state index contributed by atoms with van der Waals surface area (Å²) in [5, 5.41) is 17.9. The molecule has 96 valence electrons. The molecule has 1 aromatic carbocycles. The van der Waals surface area contributed by atoms with E-state index >= 15 is 0 Å². The van der Waals surface area contributed by atoms with Crippen LogP contribution in [0.1, 0.15) is 22.7 Å². The van der Waals surface area contributed by atoms with Gasteiger partial charge in [0.1, 0.15) is 0 Å². The normalized spacial score (nSPS) is 14.6. The molecule has 2 unspecified atom stereocenters. The molecule has 0 heterocycles. The lowest BCUT2D eigenvalue weighted by Gasteiger charge is -2.14. The van der Waals surface area contributed by atoms with Gasteiger partial charge in [-0.2, -0.15) is 11.8 Å². The Bertz CT molecular complexity index is 337. The van der Waals surface area contributed by atoms with Crippen molar-refractivity contribution in [3.05, 3.63) is 34.9 Å². The highest BCUT2D eigenvalue weighted by Crippen LogP contribution is 2.19. The van der Waals surface area contributed by atoms with Gasteiger partial charge in [0.25, 0.3) is 0 Å². The van der Waals surface area contributed by atoms with Gasteiger partial charge in [0, 0.05) is 17.5 Å². The quantitative estimate of drug-likeness (QED) is 0.718. The zero-order chi connectivity index (χ0) is 12.8. The number of aliphatic hydroxyl groups excluding tert-OH is 2. The van der Waals surface area contributed by atoms with Gasteiger partial charge in [-0.05, 0) is 19.4 Å². The second-order valence-electron chi connectivity index (χ2n) is 4.40. The number of hydrogen-bond donors (Lipinski definition) is 3. The van der Waals surface area contributed by atoms with E-state index in [0.717, 1.165) is 11.3 Å². The minimum Gasteiger partial charge on any atom is -0.394 e. The van der Waals surface area contributed by atoms with Crippen molar-refractivity contribution in [2.24, 2.45) is 5.73 Å². The lowest BCUT2D eigenvalue weighted by atomic mass is 10.0. The predicted octanol–water partition coefficient (Wildman–Crippen LogP) is 1.39. The van der Waals surface area contributed by atoms with Crippen LogP contribution in [0.4, 0.5) is 0 Å². The Morgan fingerprint density at radius 3 is 2.29 bits per heavy atom. The van der Waals surface area contributed by atoms with E-state index in [9.17, 15) is 5.11 Å². The van der Waals surface area contributed by atoms with E-state index < -0.39 is 6.10 Å². The maximum absolute atomic E-state index is 9.22. The van der Waals surface area contributed by atoms with Crippen molar-refractivity contribution in [3.63, 3.8) is 0 Å². The molecular weight excluding hydrogens is 234 g/mol. The van der Waals surface area contributed by atoms with Crippen molar-refractivity contribution in [2.45, 2.75) is 26.0 Å². The van der Waals surface area contributed by atoms with Crippen molar-refractivity contribution in [2.75, 3.05) is 18.1 Å². The third kappa shape index (κ3) is 5.08. The molecule has 0 aliphatic carbocycles. The molecule has 4 heteroatoms. The highest BCUT2D eigenvalue weighted by Gasteiger charge is 2.09. The third-order valence-corrected chi connectivity index (χ3v) is 3.71. The Morgan fingerprint density at radius 2 is 1.76 bits per heavy atom. The summed E-state index contributed by atoms with van der Waals surface area (Å²) in [6.45, 7) is 3.93. The maximum atomic E-state index is 9.22. The molecule has 2 atom stereocenters. The van der Waals surface area contributed by atoms with Gasteiger partial charge >= 0.3 is 0 Å². The number of aryl methyl sites for hydroxylation is 2. The van der Waals surface area contributed by atoms with Gasteiger partial charge in [-0.3, -0.25) is 0 Å².